The van der Waals surface area contributed by atoms with Crippen LogP contribution in [0.1, 0.15) is 27.0 Å². The van der Waals surface area contributed by atoms with Crippen LogP contribution in [0, 0.1) is 6.92 Å². The van der Waals surface area contributed by atoms with Crippen LogP contribution in [-0.2, 0) is 16.6 Å². The number of phenols is 1. The number of carbonyl (C=O) groups excluding carboxylic acids is 1. The van der Waals surface area contributed by atoms with Gasteiger partial charge in [-0.3, -0.25) is 9.10 Å². The highest BCUT2D eigenvalue weighted by Crippen LogP contribution is 2.32. The van der Waals surface area contributed by atoms with Crippen LogP contribution < -0.4 is 14.5 Å². The zero-order valence-corrected chi connectivity index (χ0v) is 22.8. The van der Waals surface area contributed by atoms with Crippen LogP contribution in [0.4, 0.5) is 5.69 Å². The number of methoxy groups -OCH3 is 1. The molecule has 4 rings (SSSR count). The molecule has 39 heavy (non-hydrogen) atoms. The van der Waals surface area contributed by atoms with Crippen molar-refractivity contribution in [3.05, 3.63) is 118 Å². The molecule has 4 aromatic carbocycles. The van der Waals surface area contributed by atoms with E-state index in [-0.39, 0.29) is 22.9 Å². The molecular formula is C29H26ClN3O5S. The number of ether oxygens (including phenoxy) is 1. The molecule has 0 heterocycles. The molecule has 2 N–H and O–H groups in total. The van der Waals surface area contributed by atoms with E-state index in [0.717, 1.165) is 0 Å². The van der Waals surface area contributed by atoms with Crippen LogP contribution in [0.15, 0.2) is 101 Å². The lowest BCUT2D eigenvalue weighted by molar-refractivity contribution is 0.0955. The van der Waals surface area contributed by atoms with Crippen molar-refractivity contribution in [2.75, 3.05) is 11.4 Å². The highest BCUT2D eigenvalue weighted by Gasteiger charge is 2.27. The fourth-order valence-electron chi connectivity index (χ4n) is 3.85. The van der Waals surface area contributed by atoms with Gasteiger partial charge in [-0.2, -0.15) is 5.10 Å². The van der Waals surface area contributed by atoms with E-state index in [2.05, 4.69) is 10.5 Å². The first-order valence-electron chi connectivity index (χ1n) is 11.8. The zero-order chi connectivity index (χ0) is 28.0. The Labute approximate surface area is 232 Å². The van der Waals surface area contributed by atoms with Crippen LogP contribution in [0.2, 0.25) is 5.02 Å². The lowest BCUT2D eigenvalue weighted by Gasteiger charge is -2.26. The number of amides is 1. The average molecular weight is 564 g/mol. The van der Waals surface area contributed by atoms with Gasteiger partial charge in [0.15, 0.2) is 11.5 Å². The summed E-state index contributed by atoms with van der Waals surface area (Å²) < 4.78 is 33.7. The van der Waals surface area contributed by atoms with E-state index in [1.807, 2.05) is 0 Å². The number of halogens is 1. The smallest absolute Gasteiger partial charge is 0.271 e. The van der Waals surface area contributed by atoms with Crippen LogP contribution in [0.25, 0.3) is 0 Å². The molecule has 200 valence electrons. The number of hydrogen-bond acceptors (Lipinski definition) is 6. The van der Waals surface area contributed by atoms with Crippen molar-refractivity contribution < 1.29 is 23.1 Å². The lowest BCUT2D eigenvalue weighted by Crippen LogP contribution is -2.31. The quantitative estimate of drug-likeness (QED) is 0.206. The number of nitrogens with zero attached hydrogens (tertiary/aromatic N) is 2. The molecule has 0 spiro atoms. The van der Waals surface area contributed by atoms with Crippen molar-refractivity contribution in [3.8, 4) is 11.5 Å². The van der Waals surface area contributed by atoms with E-state index in [4.69, 9.17) is 16.3 Å². The second-order valence-corrected chi connectivity index (χ2v) is 10.8. The van der Waals surface area contributed by atoms with E-state index >= 15 is 0 Å². The molecular weight excluding hydrogens is 538 g/mol. The molecule has 0 aromatic heterocycles. The molecule has 0 bridgehead atoms. The summed E-state index contributed by atoms with van der Waals surface area (Å²) in [6.45, 7) is 1.79. The minimum absolute atomic E-state index is 0.0214. The summed E-state index contributed by atoms with van der Waals surface area (Å²) in [5, 5.41) is 14.5. The van der Waals surface area contributed by atoms with Gasteiger partial charge in [0.1, 0.15) is 0 Å². The van der Waals surface area contributed by atoms with Crippen LogP contribution in [-0.4, -0.2) is 32.8 Å². The Kier molecular flexibility index (Phi) is 8.53. The third-order valence-corrected chi connectivity index (χ3v) is 8.18. The highest BCUT2D eigenvalue weighted by atomic mass is 35.5. The predicted molar refractivity (Wildman–Crippen MR) is 152 cm³/mol. The molecule has 10 heteroatoms. The molecule has 4 aromatic rings. The number of hydrazone groups is 1. The van der Waals surface area contributed by atoms with Gasteiger partial charge in [0.25, 0.3) is 15.9 Å². The molecule has 0 fully saturated rings. The second-order valence-electron chi connectivity index (χ2n) is 8.50. The van der Waals surface area contributed by atoms with Crippen molar-refractivity contribution in [2.24, 2.45) is 5.10 Å². The number of para-hydroxylation sites is 1. The van der Waals surface area contributed by atoms with Gasteiger partial charge in [-0.15, -0.1) is 0 Å². The minimum Gasteiger partial charge on any atom is -0.504 e. The van der Waals surface area contributed by atoms with Gasteiger partial charge in [0, 0.05) is 16.1 Å². The first-order valence-corrected chi connectivity index (χ1v) is 13.7. The Hall–Kier alpha value is -4.34. The van der Waals surface area contributed by atoms with E-state index in [9.17, 15) is 18.3 Å². The SMILES string of the molecule is COc1cccc(/C=N\NC(=O)c2ccc(CN(c3cccc(Cl)c3C)S(=O)(=O)c3ccccc3)cc2)c1O. The summed E-state index contributed by atoms with van der Waals surface area (Å²) in [6, 6.07) is 24.7. The minimum atomic E-state index is -3.92. The first kappa shape index (κ1) is 27.7. The first-order chi connectivity index (χ1) is 18.7. The fourth-order valence-corrected chi connectivity index (χ4v) is 5.55. The van der Waals surface area contributed by atoms with Gasteiger partial charge in [-0.1, -0.05) is 54.1 Å². The largest absolute Gasteiger partial charge is 0.504 e. The zero-order valence-electron chi connectivity index (χ0n) is 21.2. The van der Waals surface area contributed by atoms with Gasteiger partial charge in [-0.25, -0.2) is 13.8 Å². The Balaban J connectivity index is 1.55. The molecule has 0 saturated heterocycles. The van der Waals surface area contributed by atoms with Crippen molar-refractivity contribution in [1.29, 1.82) is 0 Å². The Bertz CT molecular complexity index is 1610. The monoisotopic (exact) mass is 563 g/mol. The summed E-state index contributed by atoms with van der Waals surface area (Å²) in [5.74, 6) is -0.274. The molecule has 0 aliphatic carbocycles. The molecule has 0 radical (unpaired) electrons. The van der Waals surface area contributed by atoms with Gasteiger partial charge in [-0.05, 0) is 66.6 Å². The number of rotatable bonds is 9. The molecule has 1 amide bonds. The van der Waals surface area contributed by atoms with Crippen molar-refractivity contribution >= 4 is 39.4 Å². The maximum atomic E-state index is 13.7. The molecule has 0 unspecified atom stereocenters. The summed E-state index contributed by atoms with van der Waals surface area (Å²) in [4.78, 5) is 12.7. The van der Waals surface area contributed by atoms with Crippen LogP contribution in [0.3, 0.4) is 0 Å². The summed E-state index contributed by atoms with van der Waals surface area (Å²) in [7, 11) is -2.48. The fraction of sp³-hybridized carbons (Fsp3) is 0.103. The number of sulfonamides is 1. The number of nitrogens with one attached hydrogen (secondary N) is 1. The normalized spacial score (nSPS) is 11.4. The molecule has 0 aliphatic rings. The van der Waals surface area contributed by atoms with Gasteiger partial charge in [0.2, 0.25) is 0 Å². The van der Waals surface area contributed by atoms with Crippen molar-refractivity contribution in [3.63, 3.8) is 0 Å². The molecule has 8 nitrogen and oxygen atoms in total. The standard InChI is InChI=1S/C29H26ClN3O5S/c1-20-25(30)11-7-12-26(20)33(39(36,37)24-9-4-3-5-10-24)19-21-14-16-22(17-15-21)29(35)32-31-18-23-8-6-13-27(38-2)28(23)34/h3-18,34H,19H2,1-2H3,(H,32,35)/b31-18-. The maximum Gasteiger partial charge on any atom is 0.271 e. The molecule has 0 saturated carbocycles. The summed E-state index contributed by atoms with van der Waals surface area (Å²) in [6.07, 6.45) is 1.31. The molecule has 0 atom stereocenters. The van der Waals surface area contributed by atoms with E-state index in [1.54, 1.807) is 97.9 Å². The predicted octanol–water partition coefficient (Wildman–Crippen LogP) is 5.52. The van der Waals surface area contributed by atoms with Gasteiger partial charge < -0.3 is 9.84 Å². The maximum absolute atomic E-state index is 13.7. The van der Waals surface area contributed by atoms with E-state index in [1.165, 1.54) is 17.6 Å². The topological polar surface area (TPSA) is 108 Å². The average Bonchev–Trinajstić information content (AvgIpc) is 2.95. The van der Waals surface area contributed by atoms with Crippen molar-refractivity contribution in [1.82, 2.24) is 5.43 Å². The number of aromatic hydroxyl groups is 1. The van der Waals surface area contributed by atoms with Gasteiger partial charge >= 0.3 is 0 Å². The van der Waals surface area contributed by atoms with E-state index < -0.39 is 15.9 Å². The lowest BCUT2D eigenvalue weighted by atomic mass is 10.1. The Morgan fingerprint density at radius 3 is 2.38 bits per heavy atom. The van der Waals surface area contributed by atoms with Gasteiger partial charge in [0.05, 0.1) is 30.5 Å². The number of benzene rings is 4. The molecule has 0 aliphatic heterocycles. The summed E-state index contributed by atoms with van der Waals surface area (Å²) >= 11 is 6.32. The third kappa shape index (κ3) is 6.22. The second kappa shape index (κ2) is 12.0. The van der Waals surface area contributed by atoms with Crippen molar-refractivity contribution in [2.45, 2.75) is 18.4 Å². The Morgan fingerprint density at radius 2 is 1.69 bits per heavy atom. The van der Waals surface area contributed by atoms with Crippen LogP contribution >= 0.6 is 11.6 Å². The number of hydrogen-bond donors (Lipinski definition) is 2. The third-order valence-electron chi connectivity index (χ3n) is 6.00. The number of phenolic OH excluding ortho intramolecular Hbond substituents is 1. The summed E-state index contributed by atoms with van der Waals surface area (Å²) in [5.41, 5.74) is 4.87. The van der Waals surface area contributed by atoms with E-state index in [0.29, 0.717) is 33.0 Å². The number of anilines is 1. The highest BCUT2D eigenvalue weighted by molar-refractivity contribution is 7.92. The Morgan fingerprint density at radius 1 is 1.00 bits per heavy atom. The van der Waals surface area contributed by atoms with Crippen LogP contribution in [0.5, 0.6) is 11.5 Å². The number of carbonyl (C=O) groups is 1.